The molecule has 0 heterocycles. The average Bonchev–Trinajstić information content (AvgIpc) is 2.20. The largest absolute Gasteiger partial charge is 0.508 e. The number of sulfonamides is 1. The summed E-state index contributed by atoms with van der Waals surface area (Å²) in [5, 5.41) is 9.19. The van der Waals surface area contributed by atoms with Gasteiger partial charge in [0, 0.05) is 6.07 Å². The Kier molecular flexibility index (Phi) is 3.34. The van der Waals surface area contributed by atoms with Crippen LogP contribution in [0.2, 0.25) is 0 Å². The molecule has 1 rings (SSSR count). The van der Waals surface area contributed by atoms with Crippen molar-refractivity contribution >= 4 is 15.9 Å². The number of carbonyl (C=O) groups is 1. The van der Waals surface area contributed by atoms with Crippen molar-refractivity contribution in [1.82, 2.24) is 4.72 Å². The predicted molar refractivity (Wildman–Crippen MR) is 58.4 cm³/mol. The third kappa shape index (κ3) is 2.60. The van der Waals surface area contributed by atoms with E-state index in [-0.39, 0.29) is 10.6 Å². The molecule has 0 bridgehead atoms. The van der Waals surface area contributed by atoms with Crippen LogP contribution in [0.5, 0.6) is 5.75 Å². The zero-order chi connectivity index (χ0) is 12.3. The van der Waals surface area contributed by atoms with Crippen molar-refractivity contribution in [3.8, 4) is 5.75 Å². The first-order valence-corrected chi connectivity index (χ1v) is 5.84. The fraction of sp³-hybridized carbons (Fsp3) is 0.100. The number of hydrogen-bond donors (Lipinski definition) is 2. The van der Waals surface area contributed by atoms with E-state index in [1.165, 1.54) is 12.1 Å². The van der Waals surface area contributed by atoms with Gasteiger partial charge in [-0.05, 0) is 24.6 Å². The van der Waals surface area contributed by atoms with Gasteiger partial charge in [-0.2, -0.15) is 0 Å². The van der Waals surface area contributed by atoms with Gasteiger partial charge in [0.1, 0.15) is 5.75 Å². The molecular formula is C10H11NO4S. The van der Waals surface area contributed by atoms with Gasteiger partial charge in [-0.15, -0.1) is 0 Å². The maximum absolute atomic E-state index is 11.7. The predicted octanol–water partition coefficient (Wildman–Crippen LogP) is 0.692. The van der Waals surface area contributed by atoms with Gasteiger partial charge >= 0.3 is 0 Å². The van der Waals surface area contributed by atoms with E-state index in [1.807, 2.05) is 0 Å². The molecule has 0 aliphatic rings. The summed E-state index contributed by atoms with van der Waals surface area (Å²) in [6.07, 6.45) is 0.857. The van der Waals surface area contributed by atoms with Crippen LogP contribution in [-0.2, 0) is 14.8 Å². The summed E-state index contributed by atoms with van der Waals surface area (Å²) in [5.74, 6) is -1.00. The van der Waals surface area contributed by atoms with Crippen molar-refractivity contribution in [1.29, 1.82) is 0 Å². The van der Waals surface area contributed by atoms with Crippen molar-refractivity contribution in [2.45, 2.75) is 11.8 Å². The number of aryl methyl sites for hydroxylation is 1. The first kappa shape index (κ1) is 12.3. The van der Waals surface area contributed by atoms with E-state index in [2.05, 4.69) is 6.58 Å². The molecule has 0 atom stereocenters. The molecule has 5 nitrogen and oxygen atoms in total. The van der Waals surface area contributed by atoms with E-state index < -0.39 is 15.9 Å². The third-order valence-corrected chi connectivity index (χ3v) is 3.37. The number of carbonyl (C=O) groups excluding carboxylic acids is 1. The Balaban J connectivity index is 3.22. The monoisotopic (exact) mass is 241 g/mol. The van der Waals surface area contributed by atoms with Gasteiger partial charge in [0.25, 0.3) is 15.9 Å². The molecule has 0 radical (unpaired) electrons. The summed E-state index contributed by atoms with van der Waals surface area (Å²) in [6.45, 7) is 4.71. The fourth-order valence-electron chi connectivity index (χ4n) is 1.11. The number of rotatable bonds is 3. The summed E-state index contributed by atoms with van der Waals surface area (Å²) in [7, 11) is -3.96. The second kappa shape index (κ2) is 4.36. The van der Waals surface area contributed by atoms with E-state index >= 15 is 0 Å². The Hall–Kier alpha value is -1.82. The van der Waals surface area contributed by atoms with Crippen LogP contribution < -0.4 is 4.72 Å². The lowest BCUT2D eigenvalue weighted by Crippen LogP contribution is -2.29. The standard InChI is InChI=1S/C10H11NO4S/c1-3-10(13)11-16(14,15)9-6-8(12)5-4-7(9)2/h3-6,12H,1H2,2H3,(H,11,13). The minimum absolute atomic E-state index is 0.136. The van der Waals surface area contributed by atoms with Crippen LogP contribution in [0.25, 0.3) is 0 Å². The summed E-state index contributed by atoms with van der Waals surface area (Å²) in [4.78, 5) is 10.8. The number of amides is 1. The summed E-state index contributed by atoms with van der Waals surface area (Å²) < 4.78 is 25.2. The van der Waals surface area contributed by atoms with E-state index in [9.17, 15) is 18.3 Å². The van der Waals surface area contributed by atoms with Crippen molar-refractivity contribution in [2.24, 2.45) is 0 Å². The number of hydrogen-bond acceptors (Lipinski definition) is 4. The first-order chi connectivity index (χ1) is 7.36. The molecule has 16 heavy (non-hydrogen) atoms. The molecule has 86 valence electrons. The summed E-state index contributed by atoms with van der Waals surface area (Å²) in [5.41, 5.74) is 0.433. The molecule has 0 spiro atoms. The van der Waals surface area contributed by atoms with Crippen molar-refractivity contribution in [2.75, 3.05) is 0 Å². The van der Waals surface area contributed by atoms with Crippen LogP contribution in [0.15, 0.2) is 35.7 Å². The number of aromatic hydroxyl groups is 1. The lowest BCUT2D eigenvalue weighted by molar-refractivity contribution is -0.114. The third-order valence-electron chi connectivity index (χ3n) is 1.88. The fourth-order valence-corrected chi connectivity index (χ4v) is 2.33. The molecular weight excluding hydrogens is 230 g/mol. The van der Waals surface area contributed by atoms with Gasteiger partial charge in [-0.25, -0.2) is 13.1 Å². The molecule has 0 aliphatic carbocycles. The summed E-state index contributed by atoms with van der Waals surface area (Å²) >= 11 is 0. The molecule has 6 heteroatoms. The molecule has 0 fully saturated rings. The van der Waals surface area contributed by atoms with Gasteiger partial charge < -0.3 is 5.11 Å². The average molecular weight is 241 g/mol. The minimum Gasteiger partial charge on any atom is -0.508 e. The van der Waals surface area contributed by atoms with Crippen LogP contribution in [0.3, 0.4) is 0 Å². The van der Waals surface area contributed by atoms with Crippen LogP contribution >= 0.6 is 0 Å². The minimum atomic E-state index is -3.96. The van der Waals surface area contributed by atoms with E-state index in [0.717, 1.165) is 12.1 Å². The van der Waals surface area contributed by atoms with Crippen molar-refractivity contribution in [3.05, 3.63) is 36.4 Å². The number of phenolic OH excluding ortho intramolecular Hbond substituents is 1. The Labute approximate surface area is 93.5 Å². The quantitative estimate of drug-likeness (QED) is 0.763. The Morgan fingerprint density at radius 3 is 2.69 bits per heavy atom. The highest BCUT2D eigenvalue weighted by Crippen LogP contribution is 2.20. The van der Waals surface area contributed by atoms with Crippen LogP contribution in [0.4, 0.5) is 0 Å². The first-order valence-electron chi connectivity index (χ1n) is 4.35. The van der Waals surface area contributed by atoms with Gasteiger partial charge in [-0.3, -0.25) is 4.79 Å². The second-order valence-electron chi connectivity index (χ2n) is 3.12. The van der Waals surface area contributed by atoms with E-state index in [0.29, 0.717) is 5.56 Å². The molecule has 0 unspecified atom stereocenters. The normalized spacial score (nSPS) is 10.8. The number of nitrogens with one attached hydrogen (secondary N) is 1. The molecule has 1 aromatic carbocycles. The van der Waals surface area contributed by atoms with Gasteiger partial charge in [0.05, 0.1) is 4.90 Å². The van der Waals surface area contributed by atoms with Gasteiger partial charge in [0.2, 0.25) is 0 Å². The van der Waals surface area contributed by atoms with Crippen molar-refractivity contribution in [3.63, 3.8) is 0 Å². The van der Waals surface area contributed by atoms with Crippen molar-refractivity contribution < 1.29 is 18.3 Å². The Morgan fingerprint density at radius 2 is 2.12 bits per heavy atom. The highest BCUT2D eigenvalue weighted by atomic mass is 32.2. The molecule has 2 N–H and O–H groups in total. The number of phenols is 1. The zero-order valence-electron chi connectivity index (χ0n) is 8.60. The van der Waals surface area contributed by atoms with Gasteiger partial charge in [0.15, 0.2) is 0 Å². The lowest BCUT2D eigenvalue weighted by Gasteiger charge is -2.07. The molecule has 0 aliphatic heterocycles. The SMILES string of the molecule is C=CC(=O)NS(=O)(=O)c1cc(O)ccc1C. The highest BCUT2D eigenvalue weighted by Gasteiger charge is 2.18. The molecule has 0 saturated carbocycles. The second-order valence-corrected chi connectivity index (χ2v) is 4.77. The van der Waals surface area contributed by atoms with Crippen LogP contribution in [0, 0.1) is 6.92 Å². The van der Waals surface area contributed by atoms with Crippen LogP contribution in [-0.4, -0.2) is 19.4 Å². The zero-order valence-corrected chi connectivity index (χ0v) is 9.41. The maximum Gasteiger partial charge on any atom is 0.264 e. The Bertz CT molecular complexity index is 534. The highest BCUT2D eigenvalue weighted by molar-refractivity contribution is 7.90. The smallest absolute Gasteiger partial charge is 0.264 e. The lowest BCUT2D eigenvalue weighted by atomic mass is 10.2. The van der Waals surface area contributed by atoms with Gasteiger partial charge in [-0.1, -0.05) is 12.6 Å². The maximum atomic E-state index is 11.7. The van der Waals surface area contributed by atoms with E-state index in [4.69, 9.17) is 0 Å². The topological polar surface area (TPSA) is 83.5 Å². The molecule has 0 aromatic heterocycles. The Morgan fingerprint density at radius 1 is 1.50 bits per heavy atom. The molecule has 1 amide bonds. The summed E-state index contributed by atoms with van der Waals surface area (Å²) in [6, 6.07) is 3.89. The van der Waals surface area contributed by atoms with Crippen LogP contribution in [0.1, 0.15) is 5.56 Å². The number of benzene rings is 1. The van der Waals surface area contributed by atoms with E-state index in [1.54, 1.807) is 11.6 Å². The molecule has 1 aromatic rings. The molecule has 0 saturated heterocycles.